The molecule has 2 heterocycles. The summed E-state index contributed by atoms with van der Waals surface area (Å²) in [6.45, 7) is 5.25. The third-order valence-electron chi connectivity index (χ3n) is 3.47. The van der Waals surface area contributed by atoms with Crippen LogP contribution >= 0.6 is 0 Å². The lowest BCUT2D eigenvalue weighted by molar-refractivity contribution is -0.130. The third kappa shape index (κ3) is 3.90. The summed E-state index contributed by atoms with van der Waals surface area (Å²) >= 11 is 0. The number of aryl methyl sites for hydroxylation is 4. The molecule has 2 rings (SSSR count). The van der Waals surface area contributed by atoms with Crippen molar-refractivity contribution in [3.05, 3.63) is 29.6 Å². The van der Waals surface area contributed by atoms with Crippen LogP contribution in [0.4, 0.5) is 0 Å². The number of carbonyl (C=O) groups is 1. The van der Waals surface area contributed by atoms with Crippen LogP contribution in [0.25, 0.3) is 0 Å². The van der Waals surface area contributed by atoms with Crippen molar-refractivity contribution in [2.75, 3.05) is 7.05 Å². The van der Waals surface area contributed by atoms with Crippen molar-refractivity contribution in [1.29, 1.82) is 0 Å². The van der Waals surface area contributed by atoms with Gasteiger partial charge in [-0.25, -0.2) is 0 Å². The third-order valence-corrected chi connectivity index (χ3v) is 3.47. The van der Waals surface area contributed by atoms with E-state index in [0.717, 1.165) is 30.2 Å². The van der Waals surface area contributed by atoms with Gasteiger partial charge in [0.2, 0.25) is 5.91 Å². The van der Waals surface area contributed by atoms with Gasteiger partial charge in [0.15, 0.2) is 5.82 Å². The van der Waals surface area contributed by atoms with E-state index in [1.807, 2.05) is 36.2 Å². The minimum absolute atomic E-state index is 0.111. The second kappa shape index (κ2) is 6.51. The van der Waals surface area contributed by atoms with Crippen LogP contribution < -0.4 is 0 Å². The van der Waals surface area contributed by atoms with Gasteiger partial charge in [0, 0.05) is 32.8 Å². The van der Waals surface area contributed by atoms with Gasteiger partial charge in [-0.1, -0.05) is 0 Å². The van der Waals surface area contributed by atoms with Gasteiger partial charge in [0.1, 0.15) is 6.33 Å². The molecule has 0 aromatic carbocycles. The summed E-state index contributed by atoms with van der Waals surface area (Å²) in [4.78, 5) is 13.8. The second-order valence-corrected chi connectivity index (χ2v) is 5.36. The summed E-state index contributed by atoms with van der Waals surface area (Å²) in [5.41, 5.74) is 2.14. The van der Waals surface area contributed by atoms with Crippen molar-refractivity contribution in [1.82, 2.24) is 29.4 Å². The van der Waals surface area contributed by atoms with Crippen LogP contribution in [0.2, 0.25) is 0 Å². The molecule has 0 saturated heterocycles. The summed E-state index contributed by atoms with van der Waals surface area (Å²) in [5, 5.41) is 12.2. The first-order valence-electron chi connectivity index (χ1n) is 7.05. The lowest BCUT2D eigenvalue weighted by Gasteiger charge is -2.16. The van der Waals surface area contributed by atoms with Crippen molar-refractivity contribution in [2.24, 2.45) is 7.05 Å². The fraction of sp³-hybridized carbons (Fsp3) is 0.571. The molecule has 0 radical (unpaired) electrons. The molecule has 0 aliphatic carbocycles. The Kier molecular flexibility index (Phi) is 4.72. The number of hydrogen-bond donors (Lipinski definition) is 0. The number of hydrogen-bond acceptors (Lipinski definition) is 4. The molecule has 0 spiro atoms. The predicted molar refractivity (Wildman–Crippen MR) is 78.4 cm³/mol. The Labute approximate surface area is 124 Å². The van der Waals surface area contributed by atoms with Gasteiger partial charge in [-0.2, -0.15) is 5.10 Å². The maximum Gasteiger partial charge on any atom is 0.222 e. The number of aromatic nitrogens is 5. The predicted octanol–water partition coefficient (Wildman–Crippen LogP) is 1.07. The number of rotatable bonds is 6. The van der Waals surface area contributed by atoms with Crippen LogP contribution in [0.5, 0.6) is 0 Å². The molecule has 114 valence electrons. The first-order chi connectivity index (χ1) is 9.97. The fourth-order valence-corrected chi connectivity index (χ4v) is 2.22. The molecule has 0 fully saturated rings. The van der Waals surface area contributed by atoms with Gasteiger partial charge >= 0.3 is 0 Å². The van der Waals surface area contributed by atoms with Gasteiger partial charge in [-0.3, -0.25) is 9.48 Å². The summed E-state index contributed by atoms with van der Waals surface area (Å²) < 4.78 is 3.77. The van der Waals surface area contributed by atoms with Crippen molar-refractivity contribution in [3.63, 3.8) is 0 Å². The quantitative estimate of drug-likeness (QED) is 0.798. The van der Waals surface area contributed by atoms with Crippen LogP contribution in [0.3, 0.4) is 0 Å². The van der Waals surface area contributed by atoms with Gasteiger partial charge in [0.25, 0.3) is 0 Å². The highest BCUT2D eigenvalue weighted by Crippen LogP contribution is 2.06. The molecule has 0 unspecified atom stereocenters. The van der Waals surface area contributed by atoms with Crippen molar-refractivity contribution in [3.8, 4) is 0 Å². The molecular weight excluding hydrogens is 268 g/mol. The second-order valence-electron chi connectivity index (χ2n) is 5.36. The lowest BCUT2D eigenvalue weighted by Crippen LogP contribution is -2.27. The Morgan fingerprint density at radius 3 is 2.71 bits per heavy atom. The Bertz CT molecular complexity index is 615. The zero-order valence-corrected chi connectivity index (χ0v) is 13.1. The van der Waals surface area contributed by atoms with E-state index in [0.29, 0.717) is 13.0 Å². The molecular formula is C14H22N6O. The Morgan fingerprint density at radius 2 is 2.14 bits per heavy atom. The highest BCUT2D eigenvalue weighted by molar-refractivity contribution is 5.75. The van der Waals surface area contributed by atoms with Gasteiger partial charge in [-0.05, 0) is 26.3 Å². The Hall–Kier alpha value is -2.18. The van der Waals surface area contributed by atoms with Crippen molar-refractivity contribution < 1.29 is 4.79 Å². The average Bonchev–Trinajstić information content (AvgIpc) is 2.96. The Balaban J connectivity index is 1.79. The largest absolute Gasteiger partial charge is 0.338 e. The molecule has 1 amide bonds. The monoisotopic (exact) mass is 290 g/mol. The van der Waals surface area contributed by atoms with E-state index in [2.05, 4.69) is 15.3 Å². The maximum atomic E-state index is 12.1. The number of amides is 1. The Morgan fingerprint density at radius 1 is 1.38 bits per heavy atom. The zero-order chi connectivity index (χ0) is 15.4. The molecule has 0 bridgehead atoms. The number of carbonyl (C=O) groups excluding carboxylic acids is 1. The highest BCUT2D eigenvalue weighted by Gasteiger charge is 2.12. The first-order valence-corrected chi connectivity index (χ1v) is 7.05. The van der Waals surface area contributed by atoms with E-state index in [4.69, 9.17) is 0 Å². The smallest absolute Gasteiger partial charge is 0.222 e. The summed E-state index contributed by atoms with van der Waals surface area (Å²) in [6, 6.07) is 2.04. The molecule has 0 aliphatic rings. The van der Waals surface area contributed by atoms with Gasteiger partial charge in [0.05, 0.1) is 12.2 Å². The maximum absolute atomic E-state index is 12.1. The van der Waals surface area contributed by atoms with E-state index in [9.17, 15) is 4.79 Å². The van der Waals surface area contributed by atoms with Crippen LogP contribution in [0.1, 0.15) is 30.1 Å². The topological polar surface area (TPSA) is 68.8 Å². The van der Waals surface area contributed by atoms with Gasteiger partial charge in [-0.15, -0.1) is 10.2 Å². The molecule has 0 atom stereocenters. The molecule has 0 aliphatic heterocycles. The van der Waals surface area contributed by atoms with Crippen molar-refractivity contribution >= 4 is 5.91 Å². The van der Waals surface area contributed by atoms with E-state index in [1.54, 1.807) is 18.3 Å². The van der Waals surface area contributed by atoms with E-state index >= 15 is 0 Å². The molecule has 0 saturated carbocycles. The zero-order valence-electron chi connectivity index (χ0n) is 13.1. The average molecular weight is 290 g/mol. The summed E-state index contributed by atoms with van der Waals surface area (Å²) in [6.07, 6.45) is 2.92. The normalized spacial score (nSPS) is 10.9. The minimum atomic E-state index is 0.111. The minimum Gasteiger partial charge on any atom is -0.338 e. The van der Waals surface area contributed by atoms with Crippen LogP contribution in [-0.2, 0) is 24.9 Å². The molecule has 21 heavy (non-hydrogen) atoms. The molecule has 7 nitrogen and oxygen atoms in total. The first kappa shape index (κ1) is 15.2. The highest BCUT2D eigenvalue weighted by atomic mass is 16.2. The van der Waals surface area contributed by atoms with E-state index in [-0.39, 0.29) is 5.91 Å². The summed E-state index contributed by atoms with van der Waals surface area (Å²) in [5.74, 6) is 0.893. The SMILES string of the molecule is Cc1cc(C)n(CCCC(=O)N(C)Cc2nncn2C)n1. The molecule has 2 aromatic heterocycles. The van der Waals surface area contributed by atoms with Crippen LogP contribution in [-0.4, -0.2) is 42.4 Å². The van der Waals surface area contributed by atoms with Crippen molar-refractivity contribution in [2.45, 2.75) is 39.8 Å². The van der Waals surface area contributed by atoms with E-state index < -0.39 is 0 Å². The number of nitrogens with zero attached hydrogens (tertiary/aromatic N) is 6. The molecule has 2 aromatic rings. The van der Waals surface area contributed by atoms with Crippen LogP contribution in [0.15, 0.2) is 12.4 Å². The van der Waals surface area contributed by atoms with Crippen LogP contribution in [0, 0.1) is 13.8 Å². The summed E-state index contributed by atoms with van der Waals surface area (Å²) in [7, 11) is 3.66. The lowest BCUT2D eigenvalue weighted by atomic mass is 10.2. The fourth-order valence-electron chi connectivity index (χ4n) is 2.22. The molecule has 0 N–H and O–H groups in total. The standard InChI is InChI=1S/C14H22N6O/c1-11-8-12(2)20(17-11)7-5-6-14(21)18(3)9-13-16-15-10-19(13)4/h8,10H,5-7,9H2,1-4H3. The van der Waals surface area contributed by atoms with E-state index in [1.165, 1.54) is 0 Å². The molecule has 7 heteroatoms. The van der Waals surface area contributed by atoms with Gasteiger partial charge < -0.3 is 9.47 Å².